The molecule has 0 aliphatic carbocycles. The van der Waals surface area contributed by atoms with Gasteiger partial charge in [-0.25, -0.2) is 0 Å². The lowest BCUT2D eigenvalue weighted by Crippen LogP contribution is -2.36. The van der Waals surface area contributed by atoms with E-state index in [1.54, 1.807) is 30.3 Å². The van der Waals surface area contributed by atoms with Gasteiger partial charge in [-0.05, 0) is 53.6 Å². The molecule has 3 rings (SSSR count). The Balaban J connectivity index is 1.62. The lowest BCUT2D eigenvalue weighted by atomic mass is 10.1. The summed E-state index contributed by atoms with van der Waals surface area (Å²) in [4.78, 5) is 49.0. The third-order valence-electron chi connectivity index (χ3n) is 4.32. The van der Waals surface area contributed by atoms with Gasteiger partial charge < -0.3 is 10.4 Å². The van der Waals surface area contributed by atoms with Crippen molar-refractivity contribution in [2.75, 3.05) is 11.9 Å². The molecule has 2 aromatic rings. The Kier molecular flexibility index (Phi) is 7.04. The molecule has 7 nitrogen and oxygen atoms in total. The van der Waals surface area contributed by atoms with E-state index in [1.807, 2.05) is 43.3 Å². The van der Waals surface area contributed by atoms with Gasteiger partial charge in [-0.2, -0.15) is 0 Å². The molecular formula is C23H20N2O5S. The minimum atomic E-state index is -0.946. The van der Waals surface area contributed by atoms with Crippen LogP contribution in [-0.4, -0.2) is 39.6 Å². The average molecular weight is 436 g/mol. The Morgan fingerprint density at radius 3 is 2.39 bits per heavy atom. The van der Waals surface area contributed by atoms with Gasteiger partial charge in [0.05, 0.1) is 11.3 Å². The van der Waals surface area contributed by atoms with E-state index in [4.69, 9.17) is 5.11 Å². The Labute approximate surface area is 183 Å². The molecule has 158 valence electrons. The number of benzene rings is 2. The summed E-state index contributed by atoms with van der Waals surface area (Å²) in [7, 11) is 0. The fraction of sp³-hybridized carbons (Fsp3) is 0.130. The minimum absolute atomic E-state index is 0.116. The van der Waals surface area contributed by atoms with Gasteiger partial charge in [-0.1, -0.05) is 48.5 Å². The molecule has 0 aromatic heterocycles. The van der Waals surface area contributed by atoms with Crippen molar-refractivity contribution in [1.29, 1.82) is 0 Å². The van der Waals surface area contributed by atoms with Crippen LogP contribution in [-0.2, 0) is 20.8 Å². The molecule has 1 aliphatic heterocycles. The summed E-state index contributed by atoms with van der Waals surface area (Å²) in [5.74, 6) is -1.98. The van der Waals surface area contributed by atoms with E-state index in [-0.39, 0.29) is 11.3 Å². The molecule has 1 saturated heterocycles. The third-order valence-corrected chi connectivity index (χ3v) is 5.23. The number of nitrogens with zero attached hydrogens (tertiary/aromatic N) is 1. The Morgan fingerprint density at radius 1 is 1.06 bits per heavy atom. The Morgan fingerprint density at radius 2 is 1.74 bits per heavy atom. The number of hydrogen-bond donors (Lipinski definition) is 2. The number of carboxylic acids is 1. The van der Waals surface area contributed by atoms with E-state index >= 15 is 0 Å². The predicted molar refractivity (Wildman–Crippen MR) is 119 cm³/mol. The van der Waals surface area contributed by atoms with Crippen LogP contribution in [0.15, 0.2) is 71.2 Å². The van der Waals surface area contributed by atoms with Crippen LogP contribution in [0.25, 0.3) is 6.08 Å². The lowest BCUT2D eigenvalue weighted by Gasteiger charge is -2.12. The third kappa shape index (κ3) is 6.16. The number of allylic oxidation sites excluding steroid dienone is 2. The first-order valence-electron chi connectivity index (χ1n) is 9.41. The van der Waals surface area contributed by atoms with E-state index in [9.17, 15) is 19.2 Å². The quantitative estimate of drug-likeness (QED) is 0.638. The van der Waals surface area contributed by atoms with Gasteiger partial charge in [0.25, 0.3) is 11.1 Å². The van der Waals surface area contributed by atoms with Crippen LogP contribution < -0.4 is 5.32 Å². The number of carbonyl (C=O) groups is 4. The van der Waals surface area contributed by atoms with Gasteiger partial charge >= 0.3 is 5.97 Å². The molecule has 0 saturated carbocycles. The zero-order chi connectivity index (χ0) is 22.4. The van der Waals surface area contributed by atoms with Crippen LogP contribution in [0.5, 0.6) is 0 Å². The number of nitrogens with one attached hydrogen (secondary N) is 1. The van der Waals surface area contributed by atoms with Crippen molar-refractivity contribution in [3.63, 3.8) is 0 Å². The highest BCUT2D eigenvalue weighted by atomic mass is 32.2. The van der Waals surface area contributed by atoms with Crippen molar-refractivity contribution in [2.45, 2.75) is 13.3 Å². The van der Waals surface area contributed by atoms with Gasteiger partial charge in [0.2, 0.25) is 5.91 Å². The second kappa shape index (κ2) is 9.90. The maximum atomic E-state index is 12.6. The number of rotatable bonds is 7. The number of hydrogen-bond acceptors (Lipinski definition) is 5. The second-order valence-electron chi connectivity index (χ2n) is 6.88. The molecule has 0 spiro atoms. The van der Waals surface area contributed by atoms with Crippen molar-refractivity contribution in [2.24, 2.45) is 0 Å². The summed E-state index contributed by atoms with van der Waals surface area (Å²) >= 11 is 0.799. The highest BCUT2D eigenvalue weighted by Crippen LogP contribution is 2.31. The first-order valence-corrected chi connectivity index (χ1v) is 10.2. The van der Waals surface area contributed by atoms with Crippen molar-refractivity contribution >= 4 is 46.5 Å². The topological polar surface area (TPSA) is 104 Å². The molecule has 0 unspecified atom stereocenters. The van der Waals surface area contributed by atoms with Crippen LogP contribution in [0, 0.1) is 0 Å². The van der Waals surface area contributed by atoms with E-state index in [0.717, 1.165) is 27.8 Å². The average Bonchev–Trinajstić information content (AvgIpc) is 2.97. The molecule has 2 N–H and O–H groups in total. The van der Waals surface area contributed by atoms with Crippen LogP contribution in [0.3, 0.4) is 0 Å². The van der Waals surface area contributed by atoms with Gasteiger partial charge in [-0.3, -0.25) is 24.1 Å². The molecule has 0 radical (unpaired) electrons. The van der Waals surface area contributed by atoms with Crippen LogP contribution >= 0.6 is 11.8 Å². The Hall–Kier alpha value is -3.65. The van der Waals surface area contributed by atoms with Gasteiger partial charge in [-0.15, -0.1) is 0 Å². The fourth-order valence-corrected chi connectivity index (χ4v) is 3.81. The lowest BCUT2D eigenvalue weighted by molar-refractivity contribution is -0.136. The van der Waals surface area contributed by atoms with Crippen molar-refractivity contribution in [3.8, 4) is 0 Å². The first-order chi connectivity index (χ1) is 14.8. The predicted octanol–water partition coefficient (Wildman–Crippen LogP) is 3.94. The fourth-order valence-electron chi connectivity index (χ4n) is 2.92. The van der Waals surface area contributed by atoms with Crippen molar-refractivity contribution in [1.82, 2.24) is 4.90 Å². The first kappa shape index (κ1) is 22.0. The number of imide groups is 1. The number of thioether (sulfide) groups is 1. The largest absolute Gasteiger partial charge is 0.481 e. The molecule has 2 aromatic carbocycles. The summed E-state index contributed by atoms with van der Waals surface area (Å²) < 4.78 is 0. The van der Waals surface area contributed by atoms with E-state index < -0.39 is 29.6 Å². The van der Waals surface area contributed by atoms with E-state index in [1.165, 1.54) is 0 Å². The summed E-state index contributed by atoms with van der Waals surface area (Å²) in [6, 6.07) is 15.9. The minimum Gasteiger partial charge on any atom is -0.481 e. The molecule has 8 heteroatoms. The maximum absolute atomic E-state index is 12.6. The standard InChI is InChI=1S/C23H20N2O5S/c1-15(11-16-5-3-2-4-6-16)12-19-22(29)25(23(30)31-19)14-20(26)24-18-9-7-17(8-10-18)13-21(27)28/h2-12H,13-14H2,1H3,(H,24,26)(H,27,28)/b15-11+,19-12-. The molecule has 1 heterocycles. The molecule has 1 fully saturated rings. The molecule has 1 aliphatic rings. The highest BCUT2D eigenvalue weighted by Gasteiger charge is 2.36. The summed E-state index contributed by atoms with van der Waals surface area (Å²) in [6.45, 7) is 1.43. The second-order valence-corrected chi connectivity index (χ2v) is 7.88. The summed E-state index contributed by atoms with van der Waals surface area (Å²) in [6.07, 6.45) is 3.42. The number of aliphatic carboxylic acids is 1. The van der Waals surface area contributed by atoms with Crippen molar-refractivity contribution in [3.05, 3.63) is 82.3 Å². The van der Waals surface area contributed by atoms with Crippen LogP contribution in [0.1, 0.15) is 18.1 Å². The molecule has 0 bridgehead atoms. The van der Waals surface area contributed by atoms with Crippen LogP contribution in [0.2, 0.25) is 0 Å². The monoisotopic (exact) mass is 436 g/mol. The van der Waals surface area contributed by atoms with E-state index in [2.05, 4.69) is 5.32 Å². The van der Waals surface area contributed by atoms with Crippen molar-refractivity contribution < 1.29 is 24.3 Å². The molecule has 3 amide bonds. The zero-order valence-corrected chi connectivity index (χ0v) is 17.5. The summed E-state index contributed by atoms with van der Waals surface area (Å²) in [5, 5.41) is 10.9. The smallest absolute Gasteiger partial charge is 0.307 e. The summed E-state index contributed by atoms with van der Waals surface area (Å²) in [5.41, 5.74) is 2.83. The normalized spacial score (nSPS) is 15.5. The zero-order valence-electron chi connectivity index (χ0n) is 16.7. The highest BCUT2D eigenvalue weighted by molar-refractivity contribution is 8.18. The number of amides is 3. The molecular weight excluding hydrogens is 416 g/mol. The van der Waals surface area contributed by atoms with Gasteiger partial charge in [0, 0.05) is 5.69 Å². The number of carbonyl (C=O) groups excluding carboxylic acids is 3. The van der Waals surface area contributed by atoms with Crippen LogP contribution in [0.4, 0.5) is 10.5 Å². The molecule has 31 heavy (non-hydrogen) atoms. The Bertz CT molecular complexity index is 1070. The number of anilines is 1. The maximum Gasteiger partial charge on any atom is 0.307 e. The van der Waals surface area contributed by atoms with Gasteiger partial charge in [0.1, 0.15) is 6.54 Å². The molecule has 0 atom stereocenters. The van der Waals surface area contributed by atoms with Gasteiger partial charge in [0.15, 0.2) is 0 Å². The SMILES string of the molecule is CC(/C=C1\SC(=O)N(CC(=O)Nc2ccc(CC(=O)O)cc2)C1=O)=C\c1ccccc1. The number of carboxylic acid groups (broad SMARTS) is 1. The van der Waals surface area contributed by atoms with E-state index in [0.29, 0.717) is 11.3 Å².